The number of hydrogen-bond acceptors (Lipinski definition) is 4. The smallest absolute Gasteiger partial charge is 0.331 e. The molecule has 0 aromatic heterocycles. The average Bonchev–Trinajstić information content (AvgIpc) is 2.90. The van der Waals surface area contributed by atoms with Crippen molar-refractivity contribution in [3.8, 4) is 5.75 Å². The van der Waals surface area contributed by atoms with Crippen LogP contribution < -0.4 is 10.1 Å². The molecule has 1 heterocycles. The number of esters is 1. The maximum Gasteiger partial charge on any atom is 0.331 e. The number of ether oxygens (including phenoxy) is 2. The first-order valence-electron chi connectivity index (χ1n) is 7.15. The third-order valence-corrected chi connectivity index (χ3v) is 3.72. The molecule has 1 amide bonds. The molecular formula is C16H21NO4. The fourth-order valence-corrected chi connectivity index (χ4v) is 2.62. The van der Waals surface area contributed by atoms with Crippen molar-refractivity contribution in [2.45, 2.75) is 44.8 Å². The summed E-state index contributed by atoms with van der Waals surface area (Å²) in [7, 11) is 1.32. The number of carbonyl (C=O) groups is 2. The first-order valence-corrected chi connectivity index (χ1v) is 7.15. The average molecular weight is 291 g/mol. The first kappa shape index (κ1) is 15.4. The van der Waals surface area contributed by atoms with Gasteiger partial charge in [0.1, 0.15) is 11.3 Å². The van der Waals surface area contributed by atoms with Gasteiger partial charge in [0.15, 0.2) is 6.10 Å². The van der Waals surface area contributed by atoms with Crippen LogP contribution in [0.1, 0.15) is 32.3 Å². The van der Waals surface area contributed by atoms with Crippen LogP contribution in [0.25, 0.3) is 0 Å². The summed E-state index contributed by atoms with van der Waals surface area (Å²) >= 11 is 0. The lowest BCUT2D eigenvalue weighted by atomic mass is 9.95. The van der Waals surface area contributed by atoms with E-state index in [1.54, 1.807) is 6.92 Å². The summed E-state index contributed by atoms with van der Waals surface area (Å²) in [5, 5.41) is 2.78. The predicted molar refractivity (Wildman–Crippen MR) is 78.0 cm³/mol. The van der Waals surface area contributed by atoms with Crippen LogP contribution in [-0.2, 0) is 20.7 Å². The van der Waals surface area contributed by atoms with Crippen LogP contribution in [0.15, 0.2) is 24.3 Å². The molecule has 0 fully saturated rings. The van der Waals surface area contributed by atoms with Gasteiger partial charge in [-0.05, 0) is 25.0 Å². The van der Waals surface area contributed by atoms with Gasteiger partial charge in [0, 0.05) is 6.42 Å². The Morgan fingerprint density at radius 1 is 1.43 bits per heavy atom. The van der Waals surface area contributed by atoms with Crippen LogP contribution >= 0.6 is 0 Å². The standard InChI is InChI=1S/C16H21NO4/c1-4-9-16(2,15(19)20-3)17-14(18)13-10-11-7-5-6-8-12(11)21-13/h5-8,13H,4,9-10H2,1-3H3,(H,17,18)/t13-,16+/m1/s1. The van der Waals surface area contributed by atoms with Crippen molar-refractivity contribution in [2.24, 2.45) is 0 Å². The second kappa shape index (κ2) is 6.16. The summed E-state index contributed by atoms with van der Waals surface area (Å²) in [6.07, 6.45) is 1.21. The normalized spacial score (nSPS) is 19.1. The first-order chi connectivity index (χ1) is 10.00. The minimum atomic E-state index is -1.02. The Kier molecular flexibility index (Phi) is 4.50. The number of nitrogens with one attached hydrogen (secondary N) is 1. The van der Waals surface area contributed by atoms with Gasteiger partial charge in [-0.25, -0.2) is 4.79 Å². The van der Waals surface area contributed by atoms with E-state index in [0.29, 0.717) is 12.8 Å². The Balaban J connectivity index is 2.06. The monoisotopic (exact) mass is 291 g/mol. The molecule has 0 saturated carbocycles. The summed E-state index contributed by atoms with van der Waals surface area (Å²) in [5.74, 6) is 0.00803. The molecule has 1 aromatic carbocycles. The largest absolute Gasteiger partial charge is 0.480 e. The molecule has 0 spiro atoms. The molecule has 21 heavy (non-hydrogen) atoms. The van der Waals surface area contributed by atoms with E-state index >= 15 is 0 Å². The van der Waals surface area contributed by atoms with Crippen LogP contribution in [0, 0.1) is 0 Å². The van der Waals surface area contributed by atoms with Gasteiger partial charge >= 0.3 is 5.97 Å². The van der Waals surface area contributed by atoms with E-state index in [-0.39, 0.29) is 5.91 Å². The number of benzene rings is 1. The van der Waals surface area contributed by atoms with Crippen LogP contribution in [-0.4, -0.2) is 30.6 Å². The second-order valence-corrected chi connectivity index (χ2v) is 5.48. The maximum absolute atomic E-state index is 12.4. The number of carbonyl (C=O) groups excluding carboxylic acids is 2. The van der Waals surface area contributed by atoms with E-state index in [0.717, 1.165) is 17.7 Å². The third kappa shape index (κ3) is 3.17. The van der Waals surface area contributed by atoms with Crippen LogP contribution in [0.4, 0.5) is 0 Å². The zero-order valence-electron chi connectivity index (χ0n) is 12.6. The number of fused-ring (bicyclic) bond motifs is 1. The molecule has 5 heteroatoms. The molecule has 0 unspecified atom stereocenters. The van der Waals surface area contributed by atoms with Crippen LogP contribution in [0.3, 0.4) is 0 Å². The molecule has 1 aliphatic rings. The molecule has 0 radical (unpaired) electrons. The zero-order chi connectivity index (χ0) is 15.5. The van der Waals surface area contributed by atoms with Crippen LogP contribution in [0.2, 0.25) is 0 Å². The fraction of sp³-hybridized carbons (Fsp3) is 0.500. The SMILES string of the molecule is CCC[C@](C)(NC(=O)[C@H]1Cc2ccccc2O1)C(=O)OC. The minimum Gasteiger partial charge on any atom is -0.480 e. The number of para-hydroxylation sites is 1. The predicted octanol–water partition coefficient (Wildman–Crippen LogP) is 1.84. The Bertz CT molecular complexity index is 518. The van der Waals surface area contributed by atoms with Crippen LogP contribution in [0.5, 0.6) is 5.75 Å². The second-order valence-electron chi connectivity index (χ2n) is 5.48. The Morgan fingerprint density at radius 2 is 2.14 bits per heavy atom. The summed E-state index contributed by atoms with van der Waals surface area (Å²) in [5.41, 5.74) is -0.00783. The quantitative estimate of drug-likeness (QED) is 0.841. The maximum atomic E-state index is 12.4. The van der Waals surface area contributed by atoms with Crippen molar-refractivity contribution in [3.63, 3.8) is 0 Å². The minimum absolute atomic E-state index is 0.285. The van der Waals surface area contributed by atoms with E-state index < -0.39 is 17.6 Å². The highest BCUT2D eigenvalue weighted by atomic mass is 16.5. The van der Waals surface area contributed by atoms with Gasteiger partial charge < -0.3 is 14.8 Å². The van der Waals surface area contributed by atoms with Crippen molar-refractivity contribution in [1.82, 2.24) is 5.32 Å². The lowest BCUT2D eigenvalue weighted by molar-refractivity contribution is -0.151. The van der Waals surface area contributed by atoms with Crippen molar-refractivity contribution >= 4 is 11.9 Å². The van der Waals surface area contributed by atoms with Gasteiger partial charge in [-0.3, -0.25) is 4.79 Å². The van der Waals surface area contributed by atoms with E-state index in [1.807, 2.05) is 31.2 Å². The molecule has 0 aliphatic carbocycles. The van der Waals surface area contributed by atoms with Gasteiger partial charge in [-0.1, -0.05) is 31.5 Å². The number of methoxy groups -OCH3 is 1. The van der Waals surface area contributed by atoms with E-state index in [9.17, 15) is 9.59 Å². The van der Waals surface area contributed by atoms with Crippen molar-refractivity contribution in [2.75, 3.05) is 7.11 Å². The number of amides is 1. The summed E-state index contributed by atoms with van der Waals surface area (Å²) in [6.45, 7) is 3.64. The molecular weight excluding hydrogens is 270 g/mol. The molecule has 2 rings (SSSR count). The Hall–Kier alpha value is -2.04. The number of hydrogen-bond donors (Lipinski definition) is 1. The molecule has 0 bridgehead atoms. The van der Waals surface area contributed by atoms with Gasteiger partial charge in [0.25, 0.3) is 5.91 Å². The number of rotatable bonds is 5. The zero-order valence-corrected chi connectivity index (χ0v) is 12.6. The van der Waals surface area contributed by atoms with Crippen molar-refractivity contribution in [3.05, 3.63) is 29.8 Å². The molecule has 2 atom stereocenters. The molecule has 0 saturated heterocycles. The molecule has 1 aliphatic heterocycles. The molecule has 114 valence electrons. The molecule has 5 nitrogen and oxygen atoms in total. The Morgan fingerprint density at radius 3 is 2.76 bits per heavy atom. The lowest BCUT2D eigenvalue weighted by Crippen LogP contribution is -2.56. The molecule has 1 aromatic rings. The van der Waals surface area contributed by atoms with Crippen molar-refractivity contribution < 1.29 is 19.1 Å². The lowest BCUT2D eigenvalue weighted by Gasteiger charge is -2.28. The van der Waals surface area contributed by atoms with E-state index in [1.165, 1.54) is 7.11 Å². The van der Waals surface area contributed by atoms with Gasteiger partial charge in [0.05, 0.1) is 7.11 Å². The van der Waals surface area contributed by atoms with E-state index in [2.05, 4.69) is 5.32 Å². The summed E-state index contributed by atoms with van der Waals surface area (Å²) in [6, 6.07) is 7.56. The fourth-order valence-electron chi connectivity index (χ4n) is 2.62. The summed E-state index contributed by atoms with van der Waals surface area (Å²) < 4.78 is 10.4. The van der Waals surface area contributed by atoms with Crippen molar-refractivity contribution in [1.29, 1.82) is 0 Å². The van der Waals surface area contributed by atoms with Gasteiger partial charge in [-0.15, -0.1) is 0 Å². The molecule has 1 N–H and O–H groups in total. The van der Waals surface area contributed by atoms with E-state index in [4.69, 9.17) is 9.47 Å². The third-order valence-electron chi connectivity index (χ3n) is 3.72. The topological polar surface area (TPSA) is 64.6 Å². The Labute approximate surface area is 124 Å². The highest BCUT2D eigenvalue weighted by Crippen LogP contribution is 2.28. The highest BCUT2D eigenvalue weighted by molar-refractivity contribution is 5.90. The van der Waals surface area contributed by atoms with Gasteiger partial charge in [-0.2, -0.15) is 0 Å². The van der Waals surface area contributed by atoms with Gasteiger partial charge in [0.2, 0.25) is 0 Å². The highest BCUT2D eigenvalue weighted by Gasteiger charge is 2.39. The summed E-state index contributed by atoms with van der Waals surface area (Å²) in [4.78, 5) is 24.3.